The van der Waals surface area contributed by atoms with Gasteiger partial charge >= 0.3 is 5.97 Å². The Hall–Kier alpha value is -1.82. The summed E-state index contributed by atoms with van der Waals surface area (Å²) in [6.45, 7) is 2.49. The average Bonchev–Trinajstić information content (AvgIpc) is 2.65. The molecule has 0 saturated carbocycles. The van der Waals surface area contributed by atoms with Crippen molar-refractivity contribution in [1.82, 2.24) is 9.55 Å². The molecule has 0 aliphatic rings. The molecule has 2 rings (SSSR count). The van der Waals surface area contributed by atoms with Crippen molar-refractivity contribution >= 4 is 21.9 Å². The third kappa shape index (κ3) is 2.63. The molecule has 0 radical (unpaired) electrons. The molecular formula is C13H13BrN2O3. The van der Waals surface area contributed by atoms with E-state index in [0.29, 0.717) is 17.0 Å². The van der Waals surface area contributed by atoms with Crippen LogP contribution in [-0.2, 0) is 7.05 Å². The van der Waals surface area contributed by atoms with Crippen molar-refractivity contribution in [1.29, 1.82) is 0 Å². The summed E-state index contributed by atoms with van der Waals surface area (Å²) in [7, 11) is 1.67. The van der Waals surface area contributed by atoms with E-state index in [9.17, 15) is 4.79 Å². The van der Waals surface area contributed by atoms with Crippen LogP contribution in [0.5, 0.6) is 5.75 Å². The van der Waals surface area contributed by atoms with E-state index >= 15 is 0 Å². The summed E-state index contributed by atoms with van der Waals surface area (Å²) < 4.78 is 7.29. The van der Waals surface area contributed by atoms with Crippen LogP contribution in [-0.4, -0.2) is 27.2 Å². The first kappa shape index (κ1) is 13.6. The van der Waals surface area contributed by atoms with Gasteiger partial charge in [-0.25, -0.2) is 9.78 Å². The van der Waals surface area contributed by atoms with Crippen molar-refractivity contribution in [2.45, 2.75) is 6.92 Å². The maximum atomic E-state index is 11.1. The lowest BCUT2D eigenvalue weighted by Crippen LogP contribution is -2.06. The van der Waals surface area contributed by atoms with Gasteiger partial charge in [-0.05, 0) is 35.0 Å². The maximum absolute atomic E-state index is 11.1. The van der Waals surface area contributed by atoms with Crippen molar-refractivity contribution in [3.05, 3.63) is 34.6 Å². The van der Waals surface area contributed by atoms with Crippen LogP contribution in [0.1, 0.15) is 17.4 Å². The molecule has 2 aromatic rings. The fourth-order valence-corrected chi connectivity index (χ4v) is 2.45. The normalized spacial score (nSPS) is 10.5. The summed E-state index contributed by atoms with van der Waals surface area (Å²) in [5.74, 6) is 0.288. The predicted molar refractivity (Wildman–Crippen MR) is 74.5 cm³/mol. The molecule has 1 heterocycles. The summed E-state index contributed by atoms with van der Waals surface area (Å²) in [5.41, 5.74) is 0.929. The zero-order valence-electron chi connectivity index (χ0n) is 10.6. The Labute approximate surface area is 119 Å². The molecule has 0 aliphatic carbocycles. The van der Waals surface area contributed by atoms with Gasteiger partial charge in [0.25, 0.3) is 0 Å². The Kier molecular flexibility index (Phi) is 3.90. The van der Waals surface area contributed by atoms with Gasteiger partial charge in [-0.15, -0.1) is 0 Å². The van der Waals surface area contributed by atoms with Crippen LogP contribution < -0.4 is 4.74 Å². The predicted octanol–water partition coefficient (Wildman–Crippen LogP) is 2.95. The highest BCUT2D eigenvalue weighted by Crippen LogP contribution is 2.27. The first-order valence-corrected chi connectivity index (χ1v) is 6.52. The van der Waals surface area contributed by atoms with Crippen molar-refractivity contribution < 1.29 is 14.6 Å². The summed E-state index contributed by atoms with van der Waals surface area (Å²) in [5, 5.41) is 9.13. The van der Waals surface area contributed by atoms with Crippen molar-refractivity contribution in [2.75, 3.05) is 6.61 Å². The van der Waals surface area contributed by atoms with Crippen LogP contribution in [0.4, 0.5) is 0 Å². The highest BCUT2D eigenvalue weighted by molar-refractivity contribution is 9.10. The smallest absolute Gasteiger partial charge is 0.355 e. The van der Waals surface area contributed by atoms with E-state index in [1.54, 1.807) is 7.05 Å². The molecule has 0 saturated heterocycles. The van der Waals surface area contributed by atoms with Gasteiger partial charge in [0.2, 0.25) is 0 Å². The van der Waals surface area contributed by atoms with Gasteiger partial charge in [-0.3, -0.25) is 0 Å². The van der Waals surface area contributed by atoms with Gasteiger partial charge in [0.05, 0.1) is 6.61 Å². The molecule has 6 heteroatoms. The average molecular weight is 325 g/mol. The summed E-state index contributed by atoms with van der Waals surface area (Å²) in [6, 6.07) is 7.40. The number of rotatable bonds is 4. The molecule has 100 valence electrons. The van der Waals surface area contributed by atoms with Gasteiger partial charge in [-0.2, -0.15) is 0 Å². The van der Waals surface area contributed by atoms with Crippen LogP contribution in [0, 0.1) is 0 Å². The van der Waals surface area contributed by atoms with Crippen molar-refractivity contribution in [3.63, 3.8) is 0 Å². The van der Waals surface area contributed by atoms with Gasteiger partial charge < -0.3 is 14.4 Å². The Balaban J connectivity index is 2.50. The third-order valence-corrected chi connectivity index (χ3v) is 3.21. The lowest BCUT2D eigenvalue weighted by Gasteiger charge is -2.06. The van der Waals surface area contributed by atoms with Gasteiger partial charge in [0.15, 0.2) is 5.69 Å². The number of carboxylic acids is 1. The number of aromatic nitrogens is 2. The fourth-order valence-electron chi connectivity index (χ4n) is 1.85. The summed E-state index contributed by atoms with van der Waals surface area (Å²) in [4.78, 5) is 15.4. The number of carbonyl (C=O) groups is 1. The molecule has 0 atom stereocenters. The molecule has 5 nitrogen and oxygen atoms in total. The van der Waals surface area contributed by atoms with Crippen LogP contribution in [0.25, 0.3) is 11.4 Å². The molecule has 0 bridgehead atoms. The standard InChI is InChI=1S/C13H13BrN2O3/c1-3-19-9-6-4-5-8(7-9)12-15-11(14)10(13(17)18)16(12)2/h4-7H,3H2,1-2H3,(H,17,18). The molecule has 0 aliphatic heterocycles. The third-order valence-electron chi connectivity index (χ3n) is 2.66. The topological polar surface area (TPSA) is 64.3 Å². The Morgan fingerprint density at radius 3 is 2.84 bits per heavy atom. The number of nitrogens with zero attached hydrogens (tertiary/aromatic N) is 2. The quantitative estimate of drug-likeness (QED) is 0.939. The first-order chi connectivity index (χ1) is 9.04. The van der Waals surface area contributed by atoms with E-state index in [4.69, 9.17) is 9.84 Å². The van der Waals surface area contributed by atoms with E-state index in [1.165, 1.54) is 4.57 Å². The Morgan fingerprint density at radius 1 is 1.53 bits per heavy atom. The number of aromatic carboxylic acids is 1. The number of ether oxygens (including phenoxy) is 1. The lowest BCUT2D eigenvalue weighted by atomic mass is 10.2. The molecular weight excluding hydrogens is 312 g/mol. The highest BCUT2D eigenvalue weighted by Gasteiger charge is 2.19. The van der Waals surface area contributed by atoms with Crippen LogP contribution in [0.3, 0.4) is 0 Å². The lowest BCUT2D eigenvalue weighted by molar-refractivity contribution is 0.0685. The van der Waals surface area contributed by atoms with Crippen LogP contribution >= 0.6 is 15.9 Å². The highest BCUT2D eigenvalue weighted by atomic mass is 79.9. The minimum Gasteiger partial charge on any atom is -0.494 e. The van der Waals surface area contributed by atoms with Gasteiger partial charge in [0.1, 0.15) is 16.2 Å². The first-order valence-electron chi connectivity index (χ1n) is 5.73. The maximum Gasteiger partial charge on any atom is 0.355 e. The van der Waals surface area contributed by atoms with Crippen molar-refractivity contribution in [3.8, 4) is 17.1 Å². The van der Waals surface area contributed by atoms with Crippen LogP contribution in [0.15, 0.2) is 28.9 Å². The van der Waals surface area contributed by atoms with Gasteiger partial charge in [-0.1, -0.05) is 12.1 Å². The largest absolute Gasteiger partial charge is 0.494 e. The van der Waals surface area contributed by atoms with Crippen LogP contribution in [0.2, 0.25) is 0 Å². The van der Waals surface area contributed by atoms with E-state index in [2.05, 4.69) is 20.9 Å². The second-order valence-electron chi connectivity index (χ2n) is 3.90. The Morgan fingerprint density at radius 2 is 2.26 bits per heavy atom. The van der Waals surface area contributed by atoms with E-state index in [1.807, 2.05) is 31.2 Å². The molecule has 1 N–H and O–H groups in total. The van der Waals surface area contributed by atoms with E-state index in [0.717, 1.165) is 11.3 Å². The summed E-state index contributed by atoms with van der Waals surface area (Å²) in [6.07, 6.45) is 0. The minimum absolute atomic E-state index is 0.122. The van der Waals surface area contributed by atoms with E-state index in [-0.39, 0.29) is 5.69 Å². The monoisotopic (exact) mass is 324 g/mol. The number of imidazole rings is 1. The number of benzene rings is 1. The molecule has 19 heavy (non-hydrogen) atoms. The molecule has 0 spiro atoms. The second kappa shape index (κ2) is 5.44. The Bertz CT molecular complexity index is 622. The molecule has 0 unspecified atom stereocenters. The molecule has 0 amide bonds. The minimum atomic E-state index is -1.02. The van der Waals surface area contributed by atoms with E-state index < -0.39 is 5.97 Å². The number of carboxylic acid groups (broad SMARTS) is 1. The molecule has 1 aromatic heterocycles. The van der Waals surface area contributed by atoms with Gasteiger partial charge in [0, 0.05) is 12.6 Å². The number of halogens is 1. The number of hydrogen-bond acceptors (Lipinski definition) is 3. The molecule has 1 aromatic carbocycles. The SMILES string of the molecule is CCOc1cccc(-c2nc(Br)c(C(=O)O)n2C)c1. The molecule has 0 fully saturated rings. The fraction of sp³-hybridized carbons (Fsp3) is 0.231. The zero-order chi connectivity index (χ0) is 14.0. The number of hydrogen-bond donors (Lipinski definition) is 1. The summed E-state index contributed by atoms with van der Waals surface area (Å²) >= 11 is 3.17. The van der Waals surface area contributed by atoms with Crippen molar-refractivity contribution in [2.24, 2.45) is 7.05 Å². The zero-order valence-corrected chi connectivity index (χ0v) is 12.1. The second-order valence-corrected chi connectivity index (χ2v) is 4.65.